The van der Waals surface area contributed by atoms with Gasteiger partial charge in [-0.05, 0) is 61.0 Å². The van der Waals surface area contributed by atoms with Crippen molar-refractivity contribution in [3.05, 3.63) is 95.1 Å². The van der Waals surface area contributed by atoms with Crippen LogP contribution in [0.2, 0.25) is 0 Å². The molecule has 0 radical (unpaired) electrons. The second-order valence-electron chi connectivity index (χ2n) is 9.79. The van der Waals surface area contributed by atoms with Crippen LogP contribution in [0.1, 0.15) is 40.4 Å². The summed E-state index contributed by atoms with van der Waals surface area (Å²) in [6.45, 7) is 6.39. The molecular formula is C31H32F3N3O4S. The lowest BCUT2D eigenvalue weighted by molar-refractivity contribution is -0.130. The van der Waals surface area contributed by atoms with E-state index in [2.05, 4.69) is 27.7 Å². The third kappa shape index (κ3) is 9.26. The Kier molecular flexibility index (Phi) is 10.1. The van der Waals surface area contributed by atoms with Gasteiger partial charge in [0.15, 0.2) is 0 Å². The zero-order chi connectivity index (χ0) is 30.2. The van der Waals surface area contributed by atoms with Gasteiger partial charge in [-0.25, -0.2) is 13.1 Å². The minimum absolute atomic E-state index is 0.0512. The average molecular weight is 600 g/mol. The fraction of sp³-hybridized carbons (Fsp3) is 0.323. The molecule has 4 rings (SSSR count). The Morgan fingerprint density at radius 3 is 2.36 bits per heavy atom. The van der Waals surface area contributed by atoms with E-state index >= 15 is 0 Å². The maximum Gasteiger partial charge on any atom is 0.390 e. The number of alkyl halides is 3. The van der Waals surface area contributed by atoms with E-state index in [4.69, 9.17) is 4.74 Å². The maximum atomic E-state index is 12.3. The van der Waals surface area contributed by atoms with E-state index in [1.165, 1.54) is 12.1 Å². The lowest BCUT2D eigenvalue weighted by Gasteiger charge is -2.36. The number of nitrogens with one attached hydrogen (secondary N) is 1. The van der Waals surface area contributed by atoms with Crippen molar-refractivity contribution >= 4 is 21.6 Å². The van der Waals surface area contributed by atoms with Crippen molar-refractivity contribution in [3.63, 3.8) is 0 Å². The molecule has 1 aliphatic rings. The van der Waals surface area contributed by atoms with Gasteiger partial charge in [-0.2, -0.15) is 13.2 Å². The smallest absolute Gasteiger partial charge is 0.390 e. The number of piperazine rings is 1. The van der Waals surface area contributed by atoms with Gasteiger partial charge in [-0.3, -0.25) is 9.69 Å². The number of sulfonamides is 1. The molecule has 0 saturated carbocycles. The topological polar surface area (TPSA) is 79.0 Å². The van der Waals surface area contributed by atoms with Gasteiger partial charge in [0.25, 0.3) is 5.91 Å². The highest BCUT2D eigenvalue weighted by molar-refractivity contribution is 7.90. The number of benzene rings is 3. The van der Waals surface area contributed by atoms with Crippen LogP contribution in [0, 0.1) is 11.8 Å². The third-order valence-electron chi connectivity index (χ3n) is 6.67. The van der Waals surface area contributed by atoms with Gasteiger partial charge >= 0.3 is 6.18 Å². The predicted octanol–water partition coefficient (Wildman–Crippen LogP) is 4.82. The highest BCUT2D eigenvalue weighted by Crippen LogP contribution is 2.21. The van der Waals surface area contributed by atoms with E-state index in [1.807, 2.05) is 49.4 Å². The predicted molar refractivity (Wildman–Crippen MR) is 156 cm³/mol. The molecule has 1 saturated heterocycles. The lowest BCUT2D eigenvalue weighted by atomic mass is 10.1. The molecule has 0 spiro atoms. The Hall–Kier alpha value is -4.01. The minimum Gasteiger partial charge on any atom is -0.494 e. The summed E-state index contributed by atoms with van der Waals surface area (Å²) in [5, 5.41) is 0. The van der Waals surface area contributed by atoms with Crippen molar-refractivity contribution in [3.8, 4) is 17.6 Å². The van der Waals surface area contributed by atoms with E-state index in [1.54, 1.807) is 16.9 Å². The van der Waals surface area contributed by atoms with Crippen LogP contribution in [-0.2, 0) is 16.6 Å². The van der Waals surface area contributed by atoms with Crippen LogP contribution in [0.3, 0.4) is 0 Å². The number of anilines is 1. The van der Waals surface area contributed by atoms with Gasteiger partial charge in [-0.1, -0.05) is 36.1 Å². The summed E-state index contributed by atoms with van der Waals surface area (Å²) in [7, 11) is -4.40. The molecule has 1 fully saturated rings. The first kappa shape index (κ1) is 30.9. The molecule has 1 aliphatic heterocycles. The fourth-order valence-electron chi connectivity index (χ4n) is 4.48. The first-order chi connectivity index (χ1) is 20.0. The Morgan fingerprint density at radius 1 is 0.952 bits per heavy atom. The summed E-state index contributed by atoms with van der Waals surface area (Å²) in [4.78, 5) is 16.8. The molecular weight excluding hydrogens is 567 g/mol. The molecule has 7 nitrogen and oxygen atoms in total. The van der Waals surface area contributed by atoms with Crippen molar-refractivity contribution in [2.24, 2.45) is 0 Å². The summed E-state index contributed by atoms with van der Waals surface area (Å²) >= 11 is 0. The largest absolute Gasteiger partial charge is 0.494 e. The van der Waals surface area contributed by atoms with Gasteiger partial charge in [-0.15, -0.1) is 0 Å². The Bertz CT molecular complexity index is 1540. The molecule has 11 heteroatoms. The molecule has 42 heavy (non-hydrogen) atoms. The van der Waals surface area contributed by atoms with Crippen LogP contribution in [0.4, 0.5) is 18.9 Å². The summed E-state index contributed by atoms with van der Waals surface area (Å²) in [6.07, 6.45) is -6.15. The number of rotatable bonds is 9. The van der Waals surface area contributed by atoms with Gasteiger partial charge in [0.1, 0.15) is 5.75 Å². The summed E-state index contributed by atoms with van der Waals surface area (Å²) in [5.74, 6) is 5.17. The van der Waals surface area contributed by atoms with E-state index < -0.39 is 34.3 Å². The molecule has 0 aromatic heterocycles. The number of carbonyl (C=O) groups excluding carboxylic acids is 1. The maximum absolute atomic E-state index is 12.3. The van der Waals surface area contributed by atoms with Crippen LogP contribution in [0.25, 0.3) is 0 Å². The van der Waals surface area contributed by atoms with Gasteiger partial charge < -0.3 is 9.64 Å². The highest BCUT2D eigenvalue weighted by atomic mass is 32.2. The van der Waals surface area contributed by atoms with Crippen molar-refractivity contribution < 1.29 is 31.1 Å². The molecule has 0 aliphatic carbocycles. The third-order valence-corrected chi connectivity index (χ3v) is 7.91. The molecule has 1 amide bonds. The van der Waals surface area contributed by atoms with Gasteiger partial charge in [0.2, 0.25) is 10.0 Å². The van der Waals surface area contributed by atoms with Crippen LogP contribution >= 0.6 is 0 Å². The Balaban J connectivity index is 1.32. The number of ether oxygens (including phenoxy) is 1. The number of halogens is 3. The molecule has 0 bridgehead atoms. The van der Waals surface area contributed by atoms with Crippen LogP contribution in [0.15, 0.2) is 72.8 Å². The average Bonchev–Trinajstić information content (AvgIpc) is 2.96. The lowest BCUT2D eigenvalue weighted by Crippen LogP contribution is -2.46. The van der Waals surface area contributed by atoms with Gasteiger partial charge in [0, 0.05) is 55.1 Å². The number of nitrogens with zero attached hydrogens (tertiary/aromatic N) is 2. The number of carbonyl (C=O) groups is 1. The highest BCUT2D eigenvalue weighted by Gasteiger charge is 2.30. The van der Waals surface area contributed by atoms with Crippen LogP contribution in [-0.4, -0.2) is 63.9 Å². The Morgan fingerprint density at radius 2 is 1.67 bits per heavy atom. The quantitative estimate of drug-likeness (QED) is 0.356. The van der Waals surface area contributed by atoms with Crippen LogP contribution in [0.5, 0.6) is 5.75 Å². The zero-order valence-corrected chi connectivity index (χ0v) is 24.0. The minimum atomic E-state index is -4.63. The SMILES string of the molecule is CCOc1cccc(C#Cc2ccccc2CN2CCN(c3ccc(C(=O)NS(=O)(=O)CCC(F)(F)F)cc3)CC2)c1. The summed E-state index contributed by atoms with van der Waals surface area (Å²) in [6, 6.07) is 22.2. The monoisotopic (exact) mass is 599 g/mol. The molecule has 3 aromatic carbocycles. The first-order valence-corrected chi connectivity index (χ1v) is 15.2. The molecule has 3 aromatic rings. The van der Waals surface area contributed by atoms with Gasteiger partial charge in [0.05, 0.1) is 18.8 Å². The number of hydrogen-bond donors (Lipinski definition) is 1. The van der Waals surface area contributed by atoms with Crippen molar-refractivity contribution in [1.82, 2.24) is 9.62 Å². The first-order valence-electron chi connectivity index (χ1n) is 13.5. The second kappa shape index (κ2) is 13.8. The standard InChI is InChI=1S/C31H32F3N3O4S/c1-2-41-29-9-5-6-24(22-29)10-11-25-7-3-4-8-27(25)23-36-17-19-37(20-18-36)28-14-12-26(13-15-28)30(38)35-42(39,40)21-16-31(32,33)34/h3-9,12-15,22H,2,16-21,23H2,1H3,(H,35,38). The van der Waals surface area contributed by atoms with Crippen LogP contribution < -0.4 is 14.4 Å². The second-order valence-corrected chi connectivity index (χ2v) is 11.6. The van der Waals surface area contributed by atoms with Crippen molar-refractivity contribution in [2.45, 2.75) is 26.1 Å². The van der Waals surface area contributed by atoms with Crippen molar-refractivity contribution in [2.75, 3.05) is 43.4 Å². The summed E-state index contributed by atoms with van der Waals surface area (Å²) < 4.78 is 68.0. The molecule has 1 heterocycles. The Labute approximate surface area is 244 Å². The molecule has 222 valence electrons. The van der Waals surface area contributed by atoms with E-state index in [0.29, 0.717) is 6.61 Å². The van der Waals surface area contributed by atoms with E-state index in [-0.39, 0.29) is 5.56 Å². The van der Waals surface area contributed by atoms with Crippen molar-refractivity contribution in [1.29, 1.82) is 0 Å². The van der Waals surface area contributed by atoms with E-state index in [0.717, 1.165) is 60.9 Å². The molecule has 1 N–H and O–H groups in total. The fourth-order valence-corrected chi connectivity index (χ4v) is 5.48. The molecule has 0 atom stereocenters. The molecule has 0 unspecified atom stereocenters. The summed E-state index contributed by atoms with van der Waals surface area (Å²) in [5.41, 5.74) is 3.91. The number of hydrogen-bond acceptors (Lipinski definition) is 6. The normalized spacial score (nSPS) is 14.1. The zero-order valence-electron chi connectivity index (χ0n) is 23.2. The van der Waals surface area contributed by atoms with E-state index in [9.17, 15) is 26.4 Å². The number of amides is 1.